The smallest absolute Gasteiger partial charge is 0.338 e. The largest absolute Gasteiger partial charge is 0.494 e. The summed E-state index contributed by atoms with van der Waals surface area (Å²) in [7, 11) is 2.43. The van der Waals surface area contributed by atoms with Crippen molar-refractivity contribution in [2.24, 2.45) is 5.92 Å². The van der Waals surface area contributed by atoms with Crippen molar-refractivity contribution in [1.82, 2.24) is 0 Å². The Morgan fingerprint density at radius 3 is 2.64 bits per heavy atom. The molecular weight excluding hydrogens is 314 g/mol. The molecule has 4 heteroatoms. The molecule has 0 aliphatic carbocycles. The molecule has 25 heavy (non-hydrogen) atoms. The Kier molecular flexibility index (Phi) is 6.00. The van der Waals surface area contributed by atoms with Gasteiger partial charge < -0.3 is 14.0 Å². The van der Waals surface area contributed by atoms with Crippen LogP contribution in [0.2, 0.25) is 0 Å². The van der Waals surface area contributed by atoms with Crippen LogP contribution in [0.3, 0.4) is 0 Å². The van der Waals surface area contributed by atoms with E-state index in [1.165, 1.54) is 49.7 Å². The molecule has 1 aromatic rings. The van der Waals surface area contributed by atoms with Crippen molar-refractivity contribution in [3.63, 3.8) is 0 Å². The standard InChI is InChI=1S/C21H32NO3/c1-3-24-19-11-9-18(10-12-19)21(23)25-16-13-17-7-6-15-22(2)14-5-4-8-20(17)22/h9-12,17,20H,3-8,13-16H2,1-2H3/q+1/t17-,20?,22?/m1/s1. The molecule has 1 aromatic carbocycles. The predicted molar refractivity (Wildman–Crippen MR) is 98.8 cm³/mol. The summed E-state index contributed by atoms with van der Waals surface area (Å²) < 4.78 is 12.2. The molecule has 138 valence electrons. The van der Waals surface area contributed by atoms with Gasteiger partial charge in [0.05, 0.1) is 45.0 Å². The number of piperidine rings is 2. The minimum atomic E-state index is -0.222. The molecule has 0 aromatic heterocycles. The monoisotopic (exact) mass is 346 g/mol. The average molecular weight is 346 g/mol. The summed E-state index contributed by atoms with van der Waals surface area (Å²) in [6.45, 7) is 5.76. The maximum absolute atomic E-state index is 12.2. The van der Waals surface area contributed by atoms with Crippen LogP contribution in [0.1, 0.15) is 55.8 Å². The average Bonchev–Trinajstić information content (AvgIpc) is 2.62. The van der Waals surface area contributed by atoms with Crippen molar-refractivity contribution in [3.8, 4) is 5.75 Å². The first kappa shape index (κ1) is 18.2. The molecule has 3 rings (SSSR count). The normalized spacial score (nSPS) is 28.9. The van der Waals surface area contributed by atoms with Crippen molar-refractivity contribution in [3.05, 3.63) is 29.8 Å². The molecule has 2 unspecified atom stereocenters. The lowest BCUT2D eigenvalue weighted by Gasteiger charge is -2.51. The van der Waals surface area contributed by atoms with Gasteiger partial charge in [-0.3, -0.25) is 0 Å². The molecule has 4 nitrogen and oxygen atoms in total. The van der Waals surface area contributed by atoms with Crippen molar-refractivity contribution < 1.29 is 18.8 Å². The van der Waals surface area contributed by atoms with Gasteiger partial charge in [0, 0.05) is 5.92 Å². The van der Waals surface area contributed by atoms with E-state index >= 15 is 0 Å². The quantitative estimate of drug-likeness (QED) is 0.576. The van der Waals surface area contributed by atoms with Gasteiger partial charge in [0.15, 0.2) is 0 Å². The number of fused-ring (bicyclic) bond motifs is 1. The highest BCUT2D eigenvalue weighted by atomic mass is 16.5. The molecule has 0 radical (unpaired) electrons. The van der Waals surface area contributed by atoms with Crippen LogP contribution in [0.4, 0.5) is 0 Å². The summed E-state index contributed by atoms with van der Waals surface area (Å²) in [5.41, 5.74) is 0.602. The first-order valence-corrected chi connectivity index (χ1v) is 9.86. The summed E-state index contributed by atoms with van der Waals surface area (Å²) in [6.07, 6.45) is 7.67. The maximum Gasteiger partial charge on any atom is 0.338 e. The van der Waals surface area contributed by atoms with Gasteiger partial charge in [0.2, 0.25) is 0 Å². The summed E-state index contributed by atoms with van der Waals surface area (Å²) in [4.78, 5) is 12.2. The van der Waals surface area contributed by atoms with E-state index in [2.05, 4.69) is 7.05 Å². The number of carbonyl (C=O) groups excluding carboxylic acids is 1. The van der Waals surface area contributed by atoms with E-state index in [1.807, 2.05) is 19.1 Å². The highest BCUT2D eigenvalue weighted by Gasteiger charge is 2.43. The second-order valence-corrected chi connectivity index (χ2v) is 7.77. The van der Waals surface area contributed by atoms with Crippen LogP contribution < -0.4 is 4.74 Å². The van der Waals surface area contributed by atoms with Gasteiger partial charge in [0.1, 0.15) is 5.75 Å². The van der Waals surface area contributed by atoms with Gasteiger partial charge in [-0.15, -0.1) is 0 Å². The van der Waals surface area contributed by atoms with Crippen LogP contribution >= 0.6 is 0 Å². The zero-order valence-electron chi connectivity index (χ0n) is 15.7. The Balaban J connectivity index is 1.49. The summed E-state index contributed by atoms with van der Waals surface area (Å²) in [5.74, 6) is 1.27. The van der Waals surface area contributed by atoms with E-state index in [-0.39, 0.29) is 5.97 Å². The fourth-order valence-electron chi connectivity index (χ4n) is 4.81. The molecule has 0 saturated carbocycles. The first-order chi connectivity index (χ1) is 12.1. The minimum Gasteiger partial charge on any atom is -0.494 e. The Hall–Kier alpha value is -1.55. The molecule has 0 N–H and O–H groups in total. The number of hydrogen-bond acceptors (Lipinski definition) is 3. The lowest BCUT2D eigenvalue weighted by molar-refractivity contribution is -0.947. The number of esters is 1. The lowest BCUT2D eigenvalue weighted by atomic mass is 9.80. The van der Waals surface area contributed by atoms with E-state index < -0.39 is 0 Å². The van der Waals surface area contributed by atoms with Crippen LogP contribution in [0, 0.1) is 5.92 Å². The Bertz CT molecular complexity index is 567. The lowest BCUT2D eigenvalue weighted by Crippen LogP contribution is -2.60. The van der Waals surface area contributed by atoms with Crippen molar-refractivity contribution in [1.29, 1.82) is 0 Å². The van der Waals surface area contributed by atoms with E-state index in [1.54, 1.807) is 12.1 Å². The predicted octanol–water partition coefficient (Wildman–Crippen LogP) is 4.04. The van der Waals surface area contributed by atoms with Crippen LogP contribution in [-0.2, 0) is 4.74 Å². The fraction of sp³-hybridized carbons (Fsp3) is 0.667. The highest BCUT2D eigenvalue weighted by molar-refractivity contribution is 5.89. The van der Waals surface area contributed by atoms with E-state index in [0.717, 1.165) is 18.2 Å². The van der Waals surface area contributed by atoms with E-state index in [0.29, 0.717) is 24.7 Å². The number of carbonyl (C=O) groups is 1. The third-order valence-corrected chi connectivity index (χ3v) is 6.13. The number of rotatable bonds is 6. The van der Waals surface area contributed by atoms with Gasteiger partial charge in [0.25, 0.3) is 0 Å². The molecule has 2 fully saturated rings. The molecule has 0 bridgehead atoms. The number of quaternary nitrogens is 1. The summed E-state index contributed by atoms with van der Waals surface area (Å²) in [5, 5.41) is 0. The molecular formula is C21H32NO3+. The topological polar surface area (TPSA) is 35.5 Å². The zero-order chi connectivity index (χ0) is 17.7. The molecule has 2 heterocycles. The first-order valence-electron chi connectivity index (χ1n) is 9.86. The van der Waals surface area contributed by atoms with Crippen LogP contribution in [0.25, 0.3) is 0 Å². The Morgan fingerprint density at radius 1 is 1.12 bits per heavy atom. The number of benzene rings is 1. The van der Waals surface area contributed by atoms with Gasteiger partial charge in [-0.05, 0) is 69.7 Å². The van der Waals surface area contributed by atoms with Gasteiger partial charge in [-0.25, -0.2) is 4.79 Å². The third kappa shape index (κ3) is 4.35. The molecule has 3 atom stereocenters. The van der Waals surface area contributed by atoms with Crippen molar-refractivity contribution in [2.45, 2.75) is 51.5 Å². The number of ether oxygens (including phenoxy) is 2. The SMILES string of the molecule is CCOc1ccc(C(=O)OCC[C@H]2CCC[N+]3(C)CCCCC23)cc1. The van der Waals surface area contributed by atoms with Crippen LogP contribution in [-0.4, -0.2) is 49.8 Å². The van der Waals surface area contributed by atoms with Crippen LogP contribution in [0.15, 0.2) is 24.3 Å². The second-order valence-electron chi connectivity index (χ2n) is 7.77. The zero-order valence-corrected chi connectivity index (χ0v) is 15.7. The molecule has 2 aliphatic rings. The van der Waals surface area contributed by atoms with Gasteiger partial charge in [-0.1, -0.05) is 0 Å². The second kappa shape index (κ2) is 8.22. The van der Waals surface area contributed by atoms with E-state index in [9.17, 15) is 4.79 Å². The number of hydrogen-bond donors (Lipinski definition) is 0. The molecule has 2 saturated heterocycles. The summed E-state index contributed by atoms with van der Waals surface area (Å²) in [6, 6.07) is 7.98. The molecule has 0 spiro atoms. The van der Waals surface area contributed by atoms with E-state index in [4.69, 9.17) is 9.47 Å². The Labute approximate surface area is 151 Å². The maximum atomic E-state index is 12.2. The van der Waals surface area contributed by atoms with Gasteiger partial charge in [-0.2, -0.15) is 0 Å². The van der Waals surface area contributed by atoms with Crippen LogP contribution in [0.5, 0.6) is 5.75 Å². The molecule has 2 aliphatic heterocycles. The van der Waals surface area contributed by atoms with Crippen molar-refractivity contribution >= 4 is 5.97 Å². The van der Waals surface area contributed by atoms with Crippen molar-refractivity contribution in [2.75, 3.05) is 33.4 Å². The highest BCUT2D eigenvalue weighted by Crippen LogP contribution is 2.37. The van der Waals surface area contributed by atoms with Gasteiger partial charge >= 0.3 is 5.97 Å². The minimum absolute atomic E-state index is 0.222. The summed E-state index contributed by atoms with van der Waals surface area (Å²) >= 11 is 0. The third-order valence-electron chi connectivity index (χ3n) is 6.13. The fourth-order valence-corrected chi connectivity index (χ4v) is 4.81. The molecule has 0 amide bonds. The Morgan fingerprint density at radius 2 is 1.88 bits per heavy atom. The number of nitrogens with zero attached hydrogens (tertiary/aromatic N) is 1.